The molecule has 2 aromatic rings. The summed E-state index contributed by atoms with van der Waals surface area (Å²) in [5.74, 6) is 0. The van der Waals surface area contributed by atoms with Crippen LogP contribution in [0, 0.1) is 6.92 Å². The van der Waals surface area contributed by atoms with Gasteiger partial charge >= 0.3 is 0 Å². The highest BCUT2D eigenvalue weighted by atomic mass is 35.5. The number of nitrogens with one attached hydrogen (secondary N) is 1. The maximum atomic E-state index is 12.7. The van der Waals surface area contributed by atoms with Crippen molar-refractivity contribution in [3.8, 4) is 0 Å². The highest BCUT2D eigenvalue weighted by Crippen LogP contribution is 2.30. The Morgan fingerprint density at radius 1 is 1.15 bits per heavy atom. The Hall–Kier alpha value is -1.47. The van der Waals surface area contributed by atoms with Crippen LogP contribution in [0.5, 0.6) is 0 Å². The Kier molecular flexibility index (Phi) is 6.21. The van der Waals surface area contributed by atoms with Crippen molar-refractivity contribution in [3.63, 3.8) is 0 Å². The Balaban J connectivity index is 1.77. The van der Waals surface area contributed by atoms with Gasteiger partial charge in [0.25, 0.3) is 10.0 Å². The zero-order valence-corrected chi connectivity index (χ0v) is 17.5. The second-order valence-corrected chi connectivity index (χ2v) is 9.10. The number of anilines is 2. The van der Waals surface area contributed by atoms with Crippen molar-refractivity contribution in [2.24, 2.45) is 0 Å². The van der Waals surface area contributed by atoms with E-state index in [1.165, 1.54) is 12.1 Å². The van der Waals surface area contributed by atoms with Crippen LogP contribution in [-0.4, -0.2) is 34.7 Å². The largest absolute Gasteiger partial charge is 0.380 e. The van der Waals surface area contributed by atoms with Crippen molar-refractivity contribution < 1.29 is 13.2 Å². The molecule has 1 atom stereocenters. The summed E-state index contributed by atoms with van der Waals surface area (Å²) in [5, 5.41) is 0.521. The van der Waals surface area contributed by atoms with Gasteiger partial charge in [-0.25, -0.2) is 8.42 Å². The molecule has 1 saturated heterocycles. The van der Waals surface area contributed by atoms with E-state index in [2.05, 4.69) is 9.62 Å². The van der Waals surface area contributed by atoms with E-state index < -0.39 is 10.0 Å². The lowest BCUT2D eigenvalue weighted by Gasteiger charge is -2.33. The first-order chi connectivity index (χ1) is 12.8. The van der Waals surface area contributed by atoms with E-state index in [-0.39, 0.29) is 16.0 Å². The normalized spacial score (nSPS) is 17.8. The average Bonchev–Trinajstić information content (AvgIpc) is 2.65. The van der Waals surface area contributed by atoms with Crippen molar-refractivity contribution in [1.82, 2.24) is 0 Å². The van der Waals surface area contributed by atoms with Gasteiger partial charge in [-0.3, -0.25) is 4.72 Å². The highest BCUT2D eigenvalue weighted by Gasteiger charge is 2.21. The molecule has 1 aliphatic rings. The molecule has 3 rings (SSSR count). The van der Waals surface area contributed by atoms with E-state index >= 15 is 0 Å². The van der Waals surface area contributed by atoms with Gasteiger partial charge in [-0.05, 0) is 61.7 Å². The molecular formula is C19H22Cl2N2O3S. The minimum absolute atomic E-state index is 0.00844. The summed E-state index contributed by atoms with van der Waals surface area (Å²) >= 11 is 12.1. The second-order valence-electron chi connectivity index (χ2n) is 6.63. The number of nitrogens with zero attached hydrogens (tertiary/aromatic N) is 1. The van der Waals surface area contributed by atoms with E-state index in [1.807, 2.05) is 12.1 Å². The molecule has 1 aliphatic heterocycles. The monoisotopic (exact) mass is 428 g/mol. The van der Waals surface area contributed by atoms with E-state index in [1.54, 1.807) is 26.2 Å². The lowest BCUT2D eigenvalue weighted by Crippen LogP contribution is -2.39. The SMILES string of the molecule is COC1CCCN(c2ccc(NS(=O)(=O)c3cc(C)c(Cl)cc3Cl)cc2)C1. The first kappa shape index (κ1) is 20.3. The number of piperidine rings is 1. The van der Waals surface area contributed by atoms with Crippen LogP contribution in [0.15, 0.2) is 41.3 Å². The predicted octanol–water partition coefficient (Wildman–Crippen LogP) is 4.72. The van der Waals surface area contributed by atoms with Crippen molar-refractivity contribution >= 4 is 44.6 Å². The zero-order valence-electron chi connectivity index (χ0n) is 15.2. The zero-order chi connectivity index (χ0) is 19.6. The topological polar surface area (TPSA) is 58.6 Å². The van der Waals surface area contributed by atoms with Crippen LogP contribution in [0.3, 0.4) is 0 Å². The fourth-order valence-corrected chi connectivity index (χ4v) is 5.04. The van der Waals surface area contributed by atoms with E-state index in [0.29, 0.717) is 16.3 Å². The van der Waals surface area contributed by atoms with Gasteiger partial charge in [-0.2, -0.15) is 0 Å². The van der Waals surface area contributed by atoms with Gasteiger partial charge in [0.1, 0.15) is 4.90 Å². The average molecular weight is 429 g/mol. The lowest BCUT2D eigenvalue weighted by atomic mass is 10.1. The minimum atomic E-state index is -3.81. The molecule has 0 aromatic heterocycles. The third-order valence-corrected chi connectivity index (χ3v) is 6.95. The van der Waals surface area contributed by atoms with Crippen LogP contribution in [0.4, 0.5) is 11.4 Å². The number of ether oxygens (including phenoxy) is 1. The summed E-state index contributed by atoms with van der Waals surface area (Å²) in [6, 6.07) is 10.2. The predicted molar refractivity (Wildman–Crippen MR) is 111 cm³/mol. The summed E-state index contributed by atoms with van der Waals surface area (Å²) in [6.07, 6.45) is 2.36. The maximum Gasteiger partial charge on any atom is 0.263 e. The molecule has 1 fully saturated rings. The number of hydrogen-bond acceptors (Lipinski definition) is 4. The number of methoxy groups -OCH3 is 1. The molecule has 5 nitrogen and oxygen atoms in total. The van der Waals surface area contributed by atoms with E-state index in [9.17, 15) is 8.42 Å². The van der Waals surface area contributed by atoms with Crippen LogP contribution in [-0.2, 0) is 14.8 Å². The quantitative estimate of drug-likeness (QED) is 0.748. The number of sulfonamides is 1. The third-order valence-electron chi connectivity index (χ3n) is 4.70. The number of halogens is 2. The number of benzene rings is 2. The van der Waals surface area contributed by atoms with Crippen LogP contribution in [0.1, 0.15) is 18.4 Å². The third kappa shape index (κ3) is 4.69. The maximum absolute atomic E-state index is 12.7. The first-order valence-electron chi connectivity index (χ1n) is 8.66. The Morgan fingerprint density at radius 3 is 2.52 bits per heavy atom. The van der Waals surface area contributed by atoms with Gasteiger partial charge < -0.3 is 9.64 Å². The summed E-state index contributed by atoms with van der Waals surface area (Å²) in [4.78, 5) is 2.25. The molecule has 0 amide bonds. The van der Waals surface area contributed by atoms with Crippen LogP contribution < -0.4 is 9.62 Å². The Bertz CT molecular complexity index is 917. The molecule has 1 heterocycles. The van der Waals surface area contributed by atoms with Crippen molar-refractivity contribution in [2.75, 3.05) is 29.8 Å². The van der Waals surface area contributed by atoms with Gasteiger partial charge in [0.15, 0.2) is 0 Å². The summed E-state index contributed by atoms with van der Waals surface area (Å²) < 4.78 is 33.4. The van der Waals surface area contributed by atoms with E-state index in [0.717, 1.165) is 31.6 Å². The molecule has 27 heavy (non-hydrogen) atoms. The number of aryl methyl sites for hydroxylation is 1. The first-order valence-corrected chi connectivity index (χ1v) is 10.9. The molecule has 8 heteroatoms. The van der Waals surface area contributed by atoms with E-state index in [4.69, 9.17) is 27.9 Å². The Morgan fingerprint density at radius 2 is 1.85 bits per heavy atom. The van der Waals surface area contributed by atoms with Gasteiger partial charge in [0.05, 0.1) is 11.1 Å². The molecule has 146 valence electrons. The summed E-state index contributed by atoms with van der Waals surface area (Å²) in [5.41, 5.74) is 2.16. The number of hydrogen-bond donors (Lipinski definition) is 1. The van der Waals surface area contributed by atoms with Crippen LogP contribution >= 0.6 is 23.2 Å². The second kappa shape index (κ2) is 8.27. The van der Waals surface area contributed by atoms with Crippen LogP contribution in [0.25, 0.3) is 0 Å². The molecule has 0 aliphatic carbocycles. The van der Waals surface area contributed by atoms with Gasteiger partial charge in [0.2, 0.25) is 0 Å². The van der Waals surface area contributed by atoms with Gasteiger partial charge in [-0.1, -0.05) is 23.2 Å². The fraction of sp³-hybridized carbons (Fsp3) is 0.368. The van der Waals surface area contributed by atoms with Crippen molar-refractivity contribution in [3.05, 3.63) is 52.0 Å². The minimum Gasteiger partial charge on any atom is -0.380 e. The lowest BCUT2D eigenvalue weighted by molar-refractivity contribution is 0.0893. The molecule has 0 radical (unpaired) electrons. The highest BCUT2D eigenvalue weighted by molar-refractivity contribution is 7.92. The molecule has 1 unspecified atom stereocenters. The summed E-state index contributed by atoms with van der Waals surface area (Å²) in [7, 11) is -2.08. The standard InChI is InChI=1S/C19H22Cl2N2O3S/c1-13-10-19(18(21)11-17(13)20)27(24,25)22-14-5-7-15(8-6-14)23-9-3-4-16(12-23)26-2/h5-8,10-11,16,22H,3-4,9,12H2,1-2H3. The number of rotatable bonds is 5. The van der Waals surface area contributed by atoms with Crippen molar-refractivity contribution in [2.45, 2.75) is 30.8 Å². The molecule has 0 bridgehead atoms. The van der Waals surface area contributed by atoms with Gasteiger partial charge in [0, 0.05) is 36.6 Å². The summed E-state index contributed by atoms with van der Waals surface area (Å²) in [6.45, 7) is 3.53. The van der Waals surface area contributed by atoms with Crippen LogP contribution in [0.2, 0.25) is 10.0 Å². The molecule has 1 N–H and O–H groups in total. The molecule has 0 saturated carbocycles. The smallest absolute Gasteiger partial charge is 0.263 e. The fourth-order valence-electron chi connectivity index (χ4n) is 3.15. The van der Waals surface area contributed by atoms with Gasteiger partial charge in [-0.15, -0.1) is 0 Å². The molecular weight excluding hydrogens is 407 g/mol. The Labute approximate surface area is 170 Å². The molecule has 0 spiro atoms. The molecule has 2 aromatic carbocycles. The van der Waals surface area contributed by atoms with Crippen molar-refractivity contribution in [1.29, 1.82) is 0 Å².